The van der Waals surface area contributed by atoms with Crippen molar-refractivity contribution >= 4 is 39.9 Å². The van der Waals surface area contributed by atoms with Gasteiger partial charge in [0.15, 0.2) is 0 Å². The first-order valence-corrected chi connectivity index (χ1v) is 8.01. The molecule has 2 aromatic heterocycles. The molecule has 0 saturated carbocycles. The number of amides is 1. The molecule has 0 bridgehead atoms. The Balaban J connectivity index is 1.56. The van der Waals surface area contributed by atoms with Crippen LogP contribution < -0.4 is 10.6 Å². The van der Waals surface area contributed by atoms with Crippen LogP contribution in [0.3, 0.4) is 0 Å². The predicted octanol–water partition coefficient (Wildman–Crippen LogP) is 4.03. The van der Waals surface area contributed by atoms with Crippen molar-refractivity contribution < 1.29 is 4.79 Å². The number of anilines is 2. The summed E-state index contributed by atoms with van der Waals surface area (Å²) >= 11 is 6.19. The average Bonchev–Trinajstić information content (AvgIpc) is 2.57. The number of hydrogen-bond acceptors (Lipinski definition) is 4. The van der Waals surface area contributed by atoms with Gasteiger partial charge in [-0.1, -0.05) is 41.9 Å². The van der Waals surface area contributed by atoms with Crippen LogP contribution in [0.5, 0.6) is 0 Å². The third-order valence-corrected chi connectivity index (χ3v) is 3.82. The molecule has 0 radical (unpaired) electrons. The highest BCUT2D eigenvalue weighted by Gasteiger charge is 2.06. The third kappa shape index (κ3) is 4.00. The molecule has 6 heteroatoms. The minimum atomic E-state index is -0.106. The van der Waals surface area contributed by atoms with E-state index in [1.54, 1.807) is 12.3 Å². The summed E-state index contributed by atoms with van der Waals surface area (Å²) in [6.07, 6.45) is 2.02. The van der Waals surface area contributed by atoms with Gasteiger partial charge < -0.3 is 10.6 Å². The molecule has 0 unspecified atom stereocenters. The summed E-state index contributed by atoms with van der Waals surface area (Å²) in [6.45, 7) is 2.41. The lowest BCUT2D eigenvalue weighted by molar-refractivity contribution is -0.116. The molecule has 3 rings (SSSR count). The van der Waals surface area contributed by atoms with E-state index in [1.807, 2.05) is 43.3 Å². The Labute approximate surface area is 145 Å². The highest BCUT2D eigenvalue weighted by Crippen LogP contribution is 2.24. The van der Waals surface area contributed by atoms with Crippen molar-refractivity contribution in [2.45, 2.75) is 13.3 Å². The van der Waals surface area contributed by atoms with Crippen molar-refractivity contribution in [2.75, 3.05) is 17.2 Å². The summed E-state index contributed by atoms with van der Waals surface area (Å²) in [6, 6.07) is 13.4. The van der Waals surface area contributed by atoms with Crippen molar-refractivity contribution in [3.05, 3.63) is 59.4 Å². The van der Waals surface area contributed by atoms with Crippen LogP contribution in [0.2, 0.25) is 5.15 Å². The second kappa shape index (κ2) is 7.27. The molecule has 0 atom stereocenters. The molecule has 0 saturated heterocycles. The molecule has 3 aromatic rings. The van der Waals surface area contributed by atoms with Crippen molar-refractivity contribution in [2.24, 2.45) is 0 Å². The molecule has 0 fully saturated rings. The smallest absolute Gasteiger partial charge is 0.227 e. The third-order valence-electron chi connectivity index (χ3n) is 3.53. The molecular formula is C18H17ClN4O. The Kier molecular flexibility index (Phi) is 4.91. The fourth-order valence-corrected chi connectivity index (χ4v) is 2.56. The Bertz CT molecular complexity index is 865. The number of pyridine rings is 2. The molecule has 0 aliphatic carbocycles. The number of nitrogens with zero attached hydrogens (tertiary/aromatic N) is 2. The number of hydrogen-bond donors (Lipinski definition) is 2. The molecular weight excluding hydrogens is 324 g/mol. The lowest BCUT2D eigenvalue weighted by Crippen LogP contribution is -2.17. The minimum absolute atomic E-state index is 0.106. The maximum atomic E-state index is 11.9. The molecule has 0 aliphatic rings. The number of rotatable bonds is 5. The largest absolute Gasteiger partial charge is 0.369 e. The second-order valence-electron chi connectivity index (χ2n) is 5.47. The van der Waals surface area contributed by atoms with E-state index in [4.69, 9.17) is 11.6 Å². The summed E-state index contributed by atoms with van der Waals surface area (Å²) in [5.74, 6) is 1.10. The van der Waals surface area contributed by atoms with E-state index in [-0.39, 0.29) is 5.91 Å². The SMILES string of the molecule is Cc1ccc(NC(=O)CCNc2cc3ccccc3c(Cl)n2)nc1. The van der Waals surface area contributed by atoms with Gasteiger partial charge in [0.1, 0.15) is 16.8 Å². The predicted molar refractivity (Wildman–Crippen MR) is 97.5 cm³/mol. The van der Waals surface area contributed by atoms with Gasteiger partial charge in [0.05, 0.1) is 0 Å². The lowest BCUT2D eigenvalue weighted by Gasteiger charge is -2.08. The molecule has 1 amide bonds. The van der Waals surface area contributed by atoms with E-state index in [1.165, 1.54) is 0 Å². The minimum Gasteiger partial charge on any atom is -0.369 e. The van der Waals surface area contributed by atoms with E-state index in [2.05, 4.69) is 20.6 Å². The average molecular weight is 341 g/mol. The molecule has 0 aliphatic heterocycles. The quantitative estimate of drug-likeness (QED) is 0.688. The van der Waals surface area contributed by atoms with Crippen molar-refractivity contribution in [3.8, 4) is 0 Å². The maximum absolute atomic E-state index is 11.9. The van der Waals surface area contributed by atoms with Crippen LogP contribution in [0.25, 0.3) is 10.8 Å². The number of fused-ring (bicyclic) bond motifs is 1. The number of carbonyl (C=O) groups is 1. The molecule has 24 heavy (non-hydrogen) atoms. The van der Waals surface area contributed by atoms with Gasteiger partial charge in [-0.2, -0.15) is 0 Å². The maximum Gasteiger partial charge on any atom is 0.227 e. The van der Waals surface area contributed by atoms with Gasteiger partial charge in [0.2, 0.25) is 5.91 Å². The molecule has 122 valence electrons. The zero-order valence-electron chi connectivity index (χ0n) is 13.2. The topological polar surface area (TPSA) is 66.9 Å². The zero-order chi connectivity index (χ0) is 16.9. The van der Waals surface area contributed by atoms with E-state index in [9.17, 15) is 4.79 Å². The number of aryl methyl sites for hydroxylation is 1. The molecule has 0 spiro atoms. The van der Waals surface area contributed by atoms with Gasteiger partial charge in [0, 0.05) is 24.5 Å². The van der Waals surface area contributed by atoms with Crippen LogP contribution >= 0.6 is 11.6 Å². The van der Waals surface area contributed by atoms with E-state index in [0.29, 0.717) is 29.8 Å². The highest BCUT2D eigenvalue weighted by molar-refractivity contribution is 6.34. The van der Waals surface area contributed by atoms with Crippen LogP contribution in [-0.2, 0) is 4.79 Å². The van der Waals surface area contributed by atoms with Gasteiger partial charge in [-0.05, 0) is 30.0 Å². The lowest BCUT2D eigenvalue weighted by atomic mass is 10.2. The Hall–Kier alpha value is -2.66. The van der Waals surface area contributed by atoms with Gasteiger partial charge in [-0.3, -0.25) is 4.79 Å². The Morgan fingerprint density at radius 3 is 2.79 bits per heavy atom. The molecule has 5 nitrogen and oxygen atoms in total. The normalized spacial score (nSPS) is 10.6. The van der Waals surface area contributed by atoms with Gasteiger partial charge in [0.25, 0.3) is 0 Å². The van der Waals surface area contributed by atoms with Crippen molar-refractivity contribution in [3.63, 3.8) is 0 Å². The number of carbonyl (C=O) groups excluding carboxylic acids is 1. The summed E-state index contributed by atoms with van der Waals surface area (Å²) in [5.41, 5.74) is 1.05. The summed E-state index contributed by atoms with van der Waals surface area (Å²) in [7, 11) is 0. The summed E-state index contributed by atoms with van der Waals surface area (Å²) < 4.78 is 0. The first-order chi connectivity index (χ1) is 11.6. The summed E-state index contributed by atoms with van der Waals surface area (Å²) in [5, 5.41) is 8.25. The van der Waals surface area contributed by atoms with Gasteiger partial charge in [-0.15, -0.1) is 0 Å². The molecule has 2 N–H and O–H groups in total. The van der Waals surface area contributed by atoms with E-state index in [0.717, 1.165) is 16.3 Å². The highest BCUT2D eigenvalue weighted by atomic mass is 35.5. The fourth-order valence-electron chi connectivity index (χ4n) is 2.30. The van der Waals surface area contributed by atoms with Crippen LogP contribution in [0, 0.1) is 6.92 Å². The van der Waals surface area contributed by atoms with E-state index >= 15 is 0 Å². The first-order valence-electron chi connectivity index (χ1n) is 7.63. The Morgan fingerprint density at radius 1 is 1.17 bits per heavy atom. The first kappa shape index (κ1) is 16.2. The fraction of sp³-hybridized carbons (Fsp3) is 0.167. The van der Waals surface area contributed by atoms with Crippen LogP contribution in [-0.4, -0.2) is 22.4 Å². The number of nitrogens with one attached hydrogen (secondary N) is 2. The van der Waals surface area contributed by atoms with E-state index < -0.39 is 0 Å². The number of aromatic nitrogens is 2. The van der Waals surface area contributed by atoms with Gasteiger partial charge in [-0.25, -0.2) is 9.97 Å². The van der Waals surface area contributed by atoms with Crippen LogP contribution in [0.4, 0.5) is 11.6 Å². The van der Waals surface area contributed by atoms with Crippen LogP contribution in [0.1, 0.15) is 12.0 Å². The van der Waals surface area contributed by atoms with Crippen LogP contribution in [0.15, 0.2) is 48.7 Å². The van der Waals surface area contributed by atoms with Gasteiger partial charge >= 0.3 is 0 Å². The monoisotopic (exact) mass is 340 g/mol. The number of halogens is 1. The molecule has 1 aromatic carbocycles. The summed E-state index contributed by atoms with van der Waals surface area (Å²) in [4.78, 5) is 20.4. The zero-order valence-corrected chi connectivity index (χ0v) is 14.0. The standard InChI is InChI=1S/C18H17ClN4O/c1-12-6-7-15(21-11-12)22-17(24)8-9-20-16-10-13-4-2-3-5-14(13)18(19)23-16/h2-7,10-11H,8-9H2,1H3,(H,20,23)(H,21,22,24). The Morgan fingerprint density at radius 2 is 2.00 bits per heavy atom. The van der Waals surface area contributed by atoms with Crippen molar-refractivity contribution in [1.29, 1.82) is 0 Å². The molecule has 2 heterocycles. The van der Waals surface area contributed by atoms with Crippen molar-refractivity contribution in [1.82, 2.24) is 9.97 Å². The second-order valence-corrected chi connectivity index (χ2v) is 5.82. The number of benzene rings is 1.